The van der Waals surface area contributed by atoms with Crippen LogP contribution in [0, 0.1) is 6.92 Å². The van der Waals surface area contributed by atoms with Gasteiger partial charge in [-0.15, -0.1) is 0 Å². The summed E-state index contributed by atoms with van der Waals surface area (Å²) < 4.78 is 0. The van der Waals surface area contributed by atoms with E-state index < -0.39 is 11.9 Å². The molecule has 0 saturated carbocycles. The molecule has 0 spiro atoms. The van der Waals surface area contributed by atoms with Crippen molar-refractivity contribution in [2.75, 3.05) is 51.1 Å². The number of nitrogens with zero attached hydrogens (tertiary/aromatic N) is 4. The van der Waals surface area contributed by atoms with Gasteiger partial charge in [-0.3, -0.25) is 44.1 Å². The number of carbonyl (C=O) groups is 5. The lowest BCUT2D eigenvalue weighted by atomic mass is 9.82. The lowest BCUT2D eigenvalue weighted by Gasteiger charge is -2.34. The van der Waals surface area contributed by atoms with E-state index in [2.05, 4.69) is 25.4 Å². The molecule has 2 unspecified atom stereocenters. The molecule has 6 rings (SSSR count). The van der Waals surface area contributed by atoms with E-state index in [4.69, 9.17) is 23.2 Å². The van der Waals surface area contributed by atoms with Crippen molar-refractivity contribution in [2.45, 2.75) is 51.1 Å². The fourth-order valence-electron chi connectivity index (χ4n) is 6.93. The zero-order valence-electron chi connectivity index (χ0n) is 27.1. The van der Waals surface area contributed by atoms with Gasteiger partial charge in [0.2, 0.25) is 17.7 Å². The summed E-state index contributed by atoms with van der Waals surface area (Å²) >= 11 is 12.9. The summed E-state index contributed by atoms with van der Waals surface area (Å²) in [4.78, 5) is 73.2. The number of piperidine rings is 1. The first-order chi connectivity index (χ1) is 23.5. The van der Waals surface area contributed by atoms with E-state index in [-0.39, 0.29) is 79.5 Å². The van der Waals surface area contributed by atoms with Crippen LogP contribution in [0.15, 0.2) is 46.7 Å². The van der Waals surface area contributed by atoms with Gasteiger partial charge in [0, 0.05) is 97.5 Å². The van der Waals surface area contributed by atoms with Crippen molar-refractivity contribution in [2.24, 2.45) is 4.99 Å². The molecular formula is C35H38Cl2N6O6. The average molecular weight is 710 g/mol. The zero-order chi connectivity index (χ0) is 34.8. The Labute approximate surface area is 294 Å². The van der Waals surface area contributed by atoms with Crippen molar-refractivity contribution in [3.8, 4) is 0 Å². The molecule has 14 heteroatoms. The van der Waals surface area contributed by atoms with E-state index in [0.717, 1.165) is 18.7 Å². The van der Waals surface area contributed by atoms with Crippen LogP contribution in [0.25, 0.3) is 0 Å². The lowest BCUT2D eigenvalue weighted by Crippen LogP contribution is -2.52. The maximum Gasteiger partial charge on any atom is 0.255 e. The Morgan fingerprint density at radius 1 is 1.06 bits per heavy atom. The molecule has 0 radical (unpaired) electrons. The Morgan fingerprint density at radius 3 is 2.55 bits per heavy atom. The Morgan fingerprint density at radius 2 is 1.82 bits per heavy atom. The topological polar surface area (TPSA) is 152 Å². The van der Waals surface area contributed by atoms with Crippen LogP contribution < -0.4 is 10.6 Å². The molecule has 2 atom stereocenters. The molecule has 258 valence electrons. The number of piperazine rings is 1. The van der Waals surface area contributed by atoms with Gasteiger partial charge in [0.1, 0.15) is 11.8 Å². The largest absolute Gasteiger partial charge is 0.511 e. The predicted molar refractivity (Wildman–Crippen MR) is 185 cm³/mol. The zero-order valence-corrected chi connectivity index (χ0v) is 28.6. The summed E-state index contributed by atoms with van der Waals surface area (Å²) in [6.45, 7) is 6.22. The number of ketones is 1. The molecule has 12 nitrogen and oxygen atoms in total. The highest BCUT2D eigenvalue weighted by atomic mass is 35.5. The Hall–Kier alpha value is -4.10. The van der Waals surface area contributed by atoms with Crippen LogP contribution in [0.2, 0.25) is 10.0 Å². The van der Waals surface area contributed by atoms with Gasteiger partial charge in [-0.1, -0.05) is 35.3 Å². The highest BCUT2D eigenvalue weighted by molar-refractivity contribution is 6.36. The second-order valence-electron chi connectivity index (χ2n) is 12.9. The normalized spacial score (nSPS) is 22.2. The quantitative estimate of drug-likeness (QED) is 0.264. The first kappa shape index (κ1) is 34.8. The monoisotopic (exact) mass is 708 g/mol. The van der Waals surface area contributed by atoms with E-state index >= 15 is 0 Å². The molecular weight excluding hydrogens is 671 g/mol. The van der Waals surface area contributed by atoms with Crippen molar-refractivity contribution in [1.82, 2.24) is 20.0 Å². The minimum Gasteiger partial charge on any atom is -0.511 e. The molecule has 3 aliphatic heterocycles. The fourth-order valence-corrected chi connectivity index (χ4v) is 7.61. The molecule has 2 aromatic rings. The third kappa shape index (κ3) is 7.57. The number of rotatable bonds is 9. The third-order valence-corrected chi connectivity index (χ3v) is 10.5. The number of benzene rings is 2. The van der Waals surface area contributed by atoms with E-state index in [1.807, 2.05) is 13.0 Å². The summed E-state index contributed by atoms with van der Waals surface area (Å²) in [5.41, 5.74) is 3.43. The van der Waals surface area contributed by atoms with Gasteiger partial charge in [-0.2, -0.15) is 0 Å². The number of aliphatic hydroxyl groups is 1. The maximum absolute atomic E-state index is 13.1. The van der Waals surface area contributed by atoms with Gasteiger partial charge in [0.15, 0.2) is 5.78 Å². The Bertz CT molecular complexity index is 1770. The van der Waals surface area contributed by atoms with Crippen molar-refractivity contribution in [3.05, 3.63) is 74.0 Å². The van der Waals surface area contributed by atoms with Crippen LogP contribution >= 0.6 is 23.2 Å². The number of allylic oxidation sites excluding steroid dienone is 2. The van der Waals surface area contributed by atoms with Gasteiger partial charge in [0.05, 0.1) is 18.7 Å². The minimum absolute atomic E-state index is 0.00997. The third-order valence-electron chi connectivity index (χ3n) is 9.66. The minimum atomic E-state index is -0.723. The number of aliphatic imine (C=N–C) groups is 1. The molecule has 0 aromatic heterocycles. The molecule has 2 fully saturated rings. The van der Waals surface area contributed by atoms with E-state index in [9.17, 15) is 29.1 Å². The standard InChI is InChI=1S/C35H38Cl2N6O6/c1-20-5-6-25(36)32(33(20)37)21-15-28(44)23(29(45)16-21)17-38-9-10-41-11-13-42(14-12-41)19-31(47)39-26-4-2-3-22-24(26)18-43(35(22)49)27-7-8-30(46)40-34(27)48/h2-6,17,21,27,44H,7-16,18-19H2,1H3,(H,39,47)(H,40,46,48). The number of hydrogen-bond donors (Lipinski definition) is 3. The number of fused-ring (bicyclic) bond motifs is 1. The van der Waals surface area contributed by atoms with Gasteiger partial charge < -0.3 is 15.3 Å². The highest BCUT2D eigenvalue weighted by Gasteiger charge is 2.40. The number of aliphatic hydroxyl groups excluding tert-OH is 1. The number of anilines is 1. The van der Waals surface area contributed by atoms with E-state index in [1.165, 1.54) is 11.1 Å². The first-order valence-electron chi connectivity index (χ1n) is 16.4. The van der Waals surface area contributed by atoms with Crippen LogP contribution in [0.4, 0.5) is 5.69 Å². The Balaban J connectivity index is 0.953. The van der Waals surface area contributed by atoms with Crippen LogP contribution in [-0.2, 0) is 25.7 Å². The van der Waals surface area contributed by atoms with Crippen molar-refractivity contribution >= 4 is 64.5 Å². The number of amides is 4. The maximum atomic E-state index is 13.1. The second kappa shape index (κ2) is 14.8. The number of carbonyl (C=O) groups excluding carboxylic acids is 5. The van der Waals surface area contributed by atoms with Gasteiger partial charge in [0.25, 0.3) is 5.91 Å². The van der Waals surface area contributed by atoms with E-state index in [0.29, 0.717) is 58.6 Å². The first-order valence-corrected chi connectivity index (χ1v) is 17.2. The smallest absolute Gasteiger partial charge is 0.255 e. The van der Waals surface area contributed by atoms with Crippen LogP contribution in [0.5, 0.6) is 0 Å². The molecule has 2 aromatic carbocycles. The van der Waals surface area contributed by atoms with Crippen molar-refractivity contribution in [1.29, 1.82) is 0 Å². The molecule has 4 amide bonds. The van der Waals surface area contributed by atoms with Gasteiger partial charge >= 0.3 is 0 Å². The second-order valence-corrected chi connectivity index (χ2v) is 13.7. The number of halogens is 2. The SMILES string of the molecule is Cc1ccc(Cl)c(C2CC(=O)C(C=NCCN3CCN(CC(=O)Nc4cccc5c4CN(C4CCC(=O)NC4=O)C5=O)CC3)=C(O)C2)c1Cl. The number of hydrogen-bond acceptors (Lipinski definition) is 9. The summed E-state index contributed by atoms with van der Waals surface area (Å²) in [5, 5.41) is 17.0. The van der Waals surface area contributed by atoms with Crippen molar-refractivity contribution < 1.29 is 29.1 Å². The van der Waals surface area contributed by atoms with E-state index in [1.54, 1.807) is 24.3 Å². The molecule has 0 bridgehead atoms. The molecule has 3 heterocycles. The van der Waals surface area contributed by atoms with Gasteiger partial charge in [-0.05, 0) is 42.7 Å². The number of imide groups is 1. The fraction of sp³-hybridized carbons (Fsp3) is 0.429. The van der Waals surface area contributed by atoms with Crippen LogP contribution in [0.3, 0.4) is 0 Å². The van der Waals surface area contributed by atoms with Crippen LogP contribution in [-0.4, -0.2) is 107 Å². The number of aryl methyl sites for hydroxylation is 1. The number of nitrogens with one attached hydrogen (secondary N) is 2. The summed E-state index contributed by atoms with van der Waals surface area (Å²) in [7, 11) is 0. The molecule has 1 aliphatic carbocycles. The molecule has 49 heavy (non-hydrogen) atoms. The summed E-state index contributed by atoms with van der Waals surface area (Å²) in [6.07, 6.45) is 2.36. The molecule has 4 aliphatic rings. The lowest BCUT2D eigenvalue weighted by molar-refractivity contribution is -0.137. The average Bonchev–Trinajstić information content (AvgIpc) is 3.39. The molecule has 2 saturated heterocycles. The summed E-state index contributed by atoms with van der Waals surface area (Å²) in [5.74, 6) is -1.81. The predicted octanol–water partition coefficient (Wildman–Crippen LogP) is 3.65. The van der Waals surface area contributed by atoms with Crippen LogP contribution in [0.1, 0.15) is 58.6 Å². The summed E-state index contributed by atoms with van der Waals surface area (Å²) in [6, 6.07) is 8.00. The van der Waals surface area contributed by atoms with Crippen molar-refractivity contribution in [3.63, 3.8) is 0 Å². The Kier molecular flexibility index (Phi) is 10.5. The number of Topliss-reactive ketones (excluding diaryl/α,β-unsaturated/α-hetero) is 1. The molecule has 3 N–H and O–H groups in total. The highest BCUT2D eigenvalue weighted by Crippen LogP contribution is 2.41. The van der Waals surface area contributed by atoms with Gasteiger partial charge in [-0.25, -0.2) is 0 Å².